The van der Waals surface area contributed by atoms with Crippen LogP contribution >= 0.6 is 25.3 Å². The molecule has 0 saturated heterocycles. The standard InChI is InChI=1S/C16H21NO2S2/c1-4-5-6-9-16(2,3)17-14(18)10-7-8-11(20)13(21)12(10)15(17)19/h7-8,20-21H,4-6,9H2,1-3H3. The number of thiol groups is 2. The second-order valence-corrected chi connectivity index (χ2v) is 7.00. The maximum Gasteiger partial charge on any atom is 0.263 e. The smallest absolute Gasteiger partial charge is 0.263 e. The van der Waals surface area contributed by atoms with Crippen molar-refractivity contribution in [1.29, 1.82) is 0 Å². The molecule has 2 amide bonds. The second kappa shape index (κ2) is 6.05. The summed E-state index contributed by atoms with van der Waals surface area (Å²) in [5.41, 5.74) is 0.338. The van der Waals surface area contributed by atoms with E-state index in [2.05, 4.69) is 32.2 Å². The average molecular weight is 323 g/mol. The number of benzene rings is 1. The van der Waals surface area contributed by atoms with Crippen molar-refractivity contribution in [3.63, 3.8) is 0 Å². The lowest BCUT2D eigenvalue weighted by atomic mass is 9.94. The minimum absolute atomic E-state index is 0.222. The van der Waals surface area contributed by atoms with E-state index >= 15 is 0 Å². The molecule has 0 unspecified atom stereocenters. The SMILES string of the molecule is CCCCCC(C)(C)N1C(=O)c2ccc(S)c(S)c2C1=O. The van der Waals surface area contributed by atoms with Crippen molar-refractivity contribution in [3.05, 3.63) is 23.3 Å². The zero-order valence-electron chi connectivity index (χ0n) is 12.6. The molecule has 0 N–H and O–H groups in total. The number of fused-ring (bicyclic) bond motifs is 1. The minimum Gasteiger partial charge on any atom is -0.269 e. The molecule has 0 fully saturated rings. The Balaban J connectivity index is 2.35. The van der Waals surface area contributed by atoms with Crippen LogP contribution in [0, 0.1) is 0 Å². The van der Waals surface area contributed by atoms with Crippen LogP contribution in [0.5, 0.6) is 0 Å². The van der Waals surface area contributed by atoms with Crippen LogP contribution in [0.4, 0.5) is 0 Å². The van der Waals surface area contributed by atoms with Gasteiger partial charge in [0.05, 0.1) is 11.1 Å². The second-order valence-electron chi connectivity index (χ2n) is 6.07. The maximum atomic E-state index is 12.7. The fourth-order valence-corrected chi connectivity index (χ4v) is 3.25. The minimum atomic E-state index is -0.487. The predicted molar refractivity (Wildman–Crippen MR) is 89.7 cm³/mol. The summed E-state index contributed by atoms with van der Waals surface area (Å²) < 4.78 is 0. The number of amides is 2. The van der Waals surface area contributed by atoms with Gasteiger partial charge >= 0.3 is 0 Å². The summed E-state index contributed by atoms with van der Waals surface area (Å²) in [4.78, 5) is 27.8. The van der Waals surface area contributed by atoms with E-state index in [0.717, 1.165) is 25.7 Å². The van der Waals surface area contributed by atoms with Gasteiger partial charge in [-0.1, -0.05) is 26.2 Å². The van der Waals surface area contributed by atoms with Gasteiger partial charge in [0.25, 0.3) is 11.8 Å². The lowest BCUT2D eigenvalue weighted by molar-refractivity contribution is 0.0461. The summed E-state index contributed by atoms with van der Waals surface area (Å²) in [6.45, 7) is 6.03. The zero-order chi connectivity index (χ0) is 15.8. The molecule has 114 valence electrons. The Labute approximate surface area is 136 Å². The van der Waals surface area contributed by atoms with Crippen molar-refractivity contribution in [2.45, 2.75) is 61.8 Å². The van der Waals surface area contributed by atoms with E-state index in [9.17, 15) is 9.59 Å². The molecule has 0 radical (unpaired) electrons. The van der Waals surface area contributed by atoms with Gasteiger partial charge in [0.2, 0.25) is 0 Å². The van der Waals surface area contributed by atoms with E-state index in [1.54, 1.807) is 12.1 Å². The molecule has 21 heavy (non-hydrogen) atoms. The molecule has 1 heterocycles. The fraction of sp³-hybridized carbons (Fsp3) is 0.500. The van der Waals surface area contributed by atoms with Crippen LogP contribution in [0.1, 0.15) is 67.2 Å². The normalized spacial score (nSPS) is 14.8. The number of unbranched alkanes of at least 4 members (excludes halogenated alkanes) is 2. The first-order valence-electron chi connectivity index (χ1n) is 7.25. The molecule has 0 bridgehead atoms. The number of rotatable bonds is 5. The van der Waals surface area contributed by atoms with Gasteiger partial charge < -0.3 is 0 Å². The summed E-state index contributed by atoms with van der Waals surface area (Å²) in [5, 5.41) is 0. The Hall–Kier alpha value is -0.940. The molecule has 1 aliphatic heterocycles. The zero-order valence-corrected chi connectivity index (χ0v) is 14.4. The quantitative estimate of drug-likeness (QED) is 0.484. The highest BCUT2D eigenvalue weighted by Gasteiger charge is 2.44. The Morgan fingerprint density at radius 1 is 1.10 bits per heavy atom. The first kappa shape index (κ1) is 16.4. The third-order valence-corrected chi connectivity index (χ3v) is 5.02. The number of hydrogen-bond donors (Lipinski definition) is 2. The Kier molecular flexibility index (Phi) is 4.73. The van der Waals surface area contributed by atoms with E-state index in [1.807, 2.05) is 13.8 Å². The van der Waals surface area contributed by atoms with Gasteiger partial charge in [0, 0.05) is 15.3 Å². The predicted octanol–water partition coefficient (Wildman–Crippen LogP) is 4.22. The molecule has 1 aliphatic rings. The molecule has 1 aromatic rings. The Morgan fingerprint density at radius 3 is 2.38 bits per heavy atom. The van der Waals surface area contributed by atoms with Crippen LogP contribution in [0.15, 0.2) is 21.9 Å². The van der Waals surface area contributed by atoms with Gasteiger partial charge in [0.1, 0.15) is 0 Å². The van der Waals surface area contributed by atoms with Gasteiger partial charge in [0.15, 0.2) is 0 Å². The van der Waals surface area contributed by atoms with Crippen molar-refractivity contribution >= 4 is 37.1 Å². The summed E-state index contributed by atoms with van der Waals surface area (Å²) in [6.07, 6.45) is 4.03. The molecule has 1 aromatic carbocycles. The van der Waals surface area contributed by atoms with E-state index in [4.69, 9.17) is 0 Å². The Bertz CT molecular complexity index is 596. The molecular weight excluding hydrogens is 302 g/mol. The van der Waals surface area contributed by atoms with Crippen molar-refractivity contribution in [1.82, 2.24) is 4.90 Å². The topological polar surface area (TPSA) is 37.4 Å². The first-order valence-corrected chi connectivity index (χ1v) is 8.14. The van der Waals surface area contributed by atoms with Crippen molar-refractivity contribution in [3.8, 4) is 0 Å². The van der Waals surface area contributed by atoms with E-state index in [-0.39, 0.29) is 11.8 Å². The highest BCUT2D eigenvalue weighted by atomic mass is 32.1. The van der Waals surface area contributed by atoms with Crippen LogP contribution in [0.2, 0.25) is 0 Å². The first-order chi connectivity index (χ1) is 9.81. The summed E-state index contributed by atoms with van der Waals surface area (Å²) >= 11 is 8.63. The number of imide groups is 1. The van der Waals surface area contributed by atoms with E-state index in [0.29, 0.717) is 20.9 Å². The molecule has 0 aromatic heterocycles. The van der Waals surface area contributed by atoms with Crippen molar-refractivity contribution in [2.24, 2.45) is 0 Å². The highest BCUT2D eigenvalue weighted by Crippen LogP contribution is 2.37. The van der Waals surface area contributed by atoms with Crippen LogP contribution in [0.25, 0.3) is 0 Å². The number of carbonyl (C=O) groups is 2. The maximum absolute atomic E-state index is 12.7. The molecular formula is C16H21NO2S2. The molecule has 3 nitrogen and oxygen atoms in total. The van der Waals surface area contributed by atoms with E-state index in [1.165, 1.54) is 4.90 Å². The molecule has 0 spiro atoms. The third kappa shape index (κ3) is 2.86. The van der Waals surface area contributed by atoms with Crippen molar-refractivity contribution < 1.29 is 9.59 Å². The lowest BCUT2D eigenvalue weighted by Gasteiger charge is -2.34. The van der Waals surface area contributed by atoms with Crippen LogP contribution in [-0.2, 0) is 0 Å². The van der Waals surface area contributed by atoms with Crippen LogP contribution < -0.4 is 0 Å². The van der Waals surface area contributed by atoms with Crippen LogP contribution in [-0.4, -0.2) is 22.3 Å². The molecule has 0 atom stereocenters. The van der Waals surface area contributed by atoms with E-state index < -0.39 is 5.54 Å². The molecule has 5 heteroatoms. The monoisotopic (exact) mass is 323 g/mol. The summed E-state index contributed by atoms with van der Waals surface area (Å²) in [7, 11) is 0. The lowest BCUT2D eigenvalue weighted by Crippen LogP contribution is -2.47. The third-order valence-electron chi connectivity index (χ3n) is 4.00. The highest BCUT2D eigenvalue weighted by molar-refractivity contribution is 7.83. The number of carbonyl (C=O) groups excluding carboxylic acids is 2. The Morgan fingerprint density at radius 2 is 1.76 bits per heavy atom. The largest absolute Gasteiger partial charge is 0.269 e. The molecule has 0 aliphatic carbocycles. The van der Waals surface area contributed by atoms with Gasteiger partial charge in [-0.05, 0) is 32.4 Å². The number of hydrogen-bond acceptors (Lipinski definition) is 4. The van der Waals surface area contributed by atoms with Gasteiger partial charge in [-0.25, -0.2) is 0 Å². The average Bonchev–Trinajstić information content (AvgIpc) is 2.66. The number of nitrogens with zero attached hydrogens (tertiary/aromatic N) is 1. The summed E-state index contributed by atoms with van der Waals surface area (Å²) in [5.74, 6) is -0.475. The van der Waals surface area contributed by atoms with Gasteiger partial charge in [-0.2, -0.15) is 0 Å². The molecule has 0 saturated carbocycles. The molecule has 2 rings (SSSR count). The fourth-order valence-electron chi connectivity index (χ4n) is 2.77. The van der Waals surface area contributed by atoms with Crippen LogP contribution in [0.3, 0.4) is 0 Å². The van der Waals surface area contributed by atoms with Gasteiger partial charge in [-0.15, -0.1) is 25.3 Å². The summed E-state index contributed by atoms with van der Waals surface area (Å²) in [6, 6.07) is 3.38. The van der Waals surface area contributed by atoms with Crippen molar-refractivity contribution in [2.75, 3.05) is 0 Å². The van der Waals surface area contributed by atoms with Gasteiger partial charge in [-0.3, -0.25) is 14.5 Å².